The molecule has 0 saturated heterocycles. The summed E-state index contributed by atoms with van der Waals surface area (Å²) >= 11 is 0. The van der Waals surface area contributed by atoms with Gasteiger partial charge in [-0.15, -0.1) is 12.4 Å². The van der Waals surface area contributed by atoms with Gasteiger partial charge in [0.05, 0.1) is 11.7 Å². The lowest BCUT2D eigenvalue weighted by atomic mass is 10.1. The van der Waals surface area contributed by atoms with Crippen LogP contribution < -0.4 is 5.73 Å². The molecule has 0 aliphatic heterocycles. The molecular formula is C10H13ClF3NO. The van der Waals surface area contributed by atoms with Gasteiger partial charge in [0.1, 0.15) is 0 Å². The number of benzene rings is 1. The molecule has 0 aromatic heterocycles. The third kappa shape index (κ3) is 3.66. The molecule has 6 heteroatoms. The van der Waals surface area contributed by atoms with Crippen molar-refractivity contribution in [1.29, 1.82) is 0 Å². The molecule has 2 N–H and O–H groups in total. The Kier molecular flexibility index (Phi) is 5.78. The fraction of sp³-hybridized carbons (Fsp3) is 0.400. The van der Waals surface area contributed by atoms with E-state index in [1.807, 2.05) is 0 Å². The second-order valence-electron chi connectivity index (χ2n) is 3.08. The molecule has 1 unspecified atom stereocenters. The van der Waals surface area contributed by atoms with E-state index in [4.69, 9.17) is 10.5 Å². The lowest BCUT2D eigenvalue weighted by Crippen LogP contribution is -2.15. The largest absolute Gasteiger partial charge is 0.416 e. The monoisotopic (exact) mass is 255 g/mol. The molecule has 1 atom stereocenters. The standard InChI is InChI=1S/C10H12F3NO.ClH/c1-15-9(6-14)7-3-2-4-8(5-7)10(11,12)13;/h2-5,9H,6,14H2,1H3;1H. The molecule has 92 valence electrons. The van der Waals surface area contributed by atoms with Crippen molar-refractivity contribution in [3.8, 4) is 0 Å². The summed E-state index contributed by atoms with van der Waals surface area (Å²) in [7, 11) is 1.41. The Bertz CT molecular complexity index is 326. The summed E-state index contributed by atoms with van der Waals surface area (Å²) in [4.78, 5) is 0. The van der Waals surface area contributed by atoms with Crippen molar-refractivity contribution >= 4 is 12.4 Å². The van der Waals surface area contributed by atoms with Gasteiger partial charge in [0.25, 0.3) is 0 Å². The second-order valence-corrected chi connectivity index (χ2v) is 3.08. The van der Waals surface area contributed by atoms with Crippen LogP contribution >= 0.6 is 12.4 Å². The van der Waals surface area contributed by atoms with Crippen molar-refractivity contribution in [3.63, 3.8) is 0 Å². The van der Waals surface area contributed by atoms with Gasteiger partial charge in [-0.3, -0.25) is 0 Å². The first kappa shape index (κ1) is 15.2. The summed E-state index contributed by atoms with van der Waals surface area (Å²) in [5.41, 5.74) is 5.12. The molecule has 0 spiro atoms. The minimum Gasteiger partial charge on any atom is -0.375 e. The van der Waals surface area contributed by atoms with Crippen LogP contribution in [0.15, 0.2) is 24.3 Å². The average Bonchev–Trinajstić information content (AvgIpc) is 2.19. The Balaban J connectivity index is 0.00000225. The number of nitrogens with two attached hydrogens (primary N) is 1. The minimum atomic E-state index is -4.33. The molecule has 0 aliphatic rings. The van der Waals surface area contributed by atoms with E-state index >= 15 is 0 Å². The molecule has 2 nitrogen and oxygen atoms in total. The summed E-state index contributed by atoms with van der Waals surface area (Å²) in [6, 6.07) is 4.99. The highest BCUT2D eigenvalue weighted by molar-refractivity contribution is 5.85. The molecule has 0 fully saturated rings. The van der Waals surface area contributed by atoms with Crippen molar-refractivity contribution < 1.29 is 17.9 Å². The molecule has 1 rings (SSSR count). The number of rotatable bonds is 3. The molecule has 0 bridgehead atoms. The Morgan fingerprint density at radius 3 is 2.44 bits per heavy atom. The van der Waals surface area contributed by atoms with E-state index in [0.717, 1.165) is 12.1 Å². The van der Waals surface area contributed by atoms with E-state index in [0.29, 0.717) is 5.56 Å². The summed E-state index contributed by atoms with van der Waals surface area (Å²) < 4.78 is 42.1. The van der Waals surface area contributed by atoms with E-state index in [1.165, 1.54) is 13.2 Å². The lowest BCUT2D eigenvalue weighted by molar-refractivity contribution is -0.137. The van der Waals surface area contributed by atoms with Gasteiger partial charge < -0.3 is 10.5 Å². The SMILES string of the molecule is COC(CN)c1cccc(C(F)(F)F)c1.Cl. The predicted octanol–water partition coefficient (Wildman–Crippen LogP) is 2.77. The fourth-order valence-electron chi connectivity index (χ4n) is 1.28. The highest BCUT2D eigenvalue weighted by Crippen LogP contribution is 2.30. The molecule has 1 aromatic carbocycles. The lowest BCUT2D eigenvalue weighted by Gasteiger charge is -2.15. The number of alkyl halides is 3. The maximum atomic E-state index is 12.4. The normalized spacial score (nSPS) is 13.1. The maximum absolute atomic E-state index is 12.4. The van der Waals surface area contributed by atoms with Gasteiger partial charge in [0, 0.05) is 13.7 Å². The Hall–Kier alpha value is -0.780. The molecule has 1 aromatic rings. The van der Waals surface area contributed by atoms with Gasteiger partial charge >= 0.3 is 6.18 Å². The summed E-state index contributed by atoms with van der Waals surface area (Å²) in [6.07, 6.45) is -4.82. The van der Waals surface area contributed by atoms with Crippen LogP contribution in [0.4, 0.5) is 13.2 Å². The molecule has 0 radical (unpaired) electrons. The zero-order valence-corrected chi connectivity index (χ0v) is 9.44. The van der Waals surface area contributed by atoms with Gasteiger partial charge in [-0.1, -0.05) is 12.1 Å². The maximum Gasteiger partial charge on any atom is 0.416 e. The predicted molar refractivity (Wildman–Crippen MR) is 57.5 cm³/mol. The van der Waals surface area contributed by atoms with Crippen LogP contribution in [0.5, 0.6) is 0 Å². The minimum absolute atomic E-state index is 0. The van der Waals surface area contributed by atoms with Crippen LogP contribution in [0.1, 0.15) is 17.2 Å². The van der Waals surface area contributed by atoms with E-state index in [9.17, 15) is 13.2 Å². The Morgan fingerprint density at radius 1 is 1.38 bits per heavy atom. The van der Waals surface area contributed by atoms with Crippen LogP contribution in [-0.2, 0) is 10.9 Å². The molecule has 0 saturated carbocycles. The first-order chi connectivity index (χ1) is 6.99. The topological polar surface area (TPSA) is 35.2 Å². The molecule has 0 aliphatic carbocycles. The average molecular weight is 256 g/mol. The zero-order valence-electron chi connectivity index (χ0n) is 8.62. The first-order valence-electron chi connectivity index (χ1n) is 4.39. The van der Waals surface area contributed by atoms with Gasteiger partial charge in [0.2, 0.25) is 0 Å². The van der Waals surface area contributed by atoms with Gasteiger partial charge in [-0.05, 0) is 17.7 Å². The van der Waals surface area contributed by atoms with Crippen LogP contribution in [0, 0.1) is 0 Å². The van der Waals surface area contributed by atoms with E-state index in [1.54, 1.807) is 6.07 Å². The number of ether oxygens (including phenoxy) is 1. The quantitative estimate of drug-likeness (QED) is 0.901. The second kappa shape index (κ2) is 6.08. The van der Waals surface area contributed by atoms with Crippen LogP contribution in [0.2, 0.25) is 0 Å². The first-order valence-corrected chi connectivity index (χ1v) is 4.39. The third-order valence-electron chi connectivity index (χ3n) is 2.08. The highest BCUT2D eigenvalue weighted by atomic mass is 35.5. The molecule has 0 heterocycles. The number of hydrogen-bond acceptors (Lipinski definition) is 2. The van der Waals surface area contributed by atoms with Crippen molar-refractivity contribution in [1.82, 2.24) is 0 Å². The van der Waals surface area contributed by atoms with E-state index in [-0.39, 0.29) is 19.0 Å². The smallest absolute Gasteiger partial charge is 0.375 e. The zero-order chi connectivity index (χ0) is 11.5. The van der Waals surface area contributed by atoms with Crippen molar-refractivity contribution in [2.45, 2.75) is 12.3 Å². The Labute approximate surface area is 98.0 Å². The third-order valence-corrected chi connectivity index (χ3v) is 2.08. The highest BCUT2D eigenvalue weighted by Gasteiger charge is 2.30. The summed E-state index contributed by atoms with van der Waals surface area (Å²) in [5.74, 6) is 0. The molecule has 0 amide bonds. The summed E-state index contributed by atoms with van der Waals surface area (Å²) in [5, 5.41) is 0. The molecule has 16 heavy (non-hydrogen) atoms. The number of methoxy groups -OCH3 is 1. The van der Waals surface area contributed by atoms with Gasteiger partial charge in [-0.2, -0.15) is 13.2 Å². The van der Waals surface area contributed by atoms with Crippen LogP contribution in [0.3, 0.4) is 0 Å². The van der Waals surface area contributed by atoms with Gasteiger partial charge in [-0.25, -0.2) is 0 Å². The molecular weight excluding hydrogens is 243 g/mol. The van der Waals surface area contributed by atoms with Crippen LogP contribution in [0.25, 0.3) is 0 Å². The Morgan fingerprint density at radius 2 is 2.00 bits per heavy atom. The van der Waals surface area contributed by atoms with Crippen molar-refractivity contribution in [2.75, 3.05) is 13.7 Å². The fourth-order valence-corrected chi connectivity index (χ4v) is 1.28. The van der Waals surface area contributed by atoms with Crippen LogP contribution in [-0.4, -0.2) is 13.7 Å². The number of hydrogen-bond donors (Lipinski definition) is 1. The van der Waals surface area contributed by atoms with E-state index < -0.39 is 17.8 Å². The summed E-state index contributed by atoms with van der Waals surface area (Å²) in [6.45, 7) is 0.151. The van der Waals surface area contributed by atoms with E-state index in [2.05, 4.69) is 0 Å². The van der Waals surface area contributed by atoms with Gasteiger partial charge in [0.15, 0.2) is 0 Å². The van der Waals surface area contributed by atoms with Crippen molar-refractivity contribution in [3.05, 3.63) is 35.4 Å². The number of halogens is 4. The van der Waals surface area contributed by atoms with Crippen molar-refractivity contribution in [2.24, 2.45) is 5.73 Å².